The van der Waals surface area contributed by atoms with Crippen LogP contribution in [0, 0.1) is 0 Å². The number of hydrogen-bond donors (Lipinski definition) is 4. The average molecular weight is 707 g/mol. The predicted molar refractivity (Wildman–Crippen MR) is 223 cm³/mol. The first-order valence-corrected chi connectivity index (χ1v) is 19.2. The van der Waals surface area contributed by atoms with Crippen molar-refractivity contribution in [3.8, 4) is 5.75 Å². The average Bonchev–Trinajstić information content (AvgIpc) is 3.68. The number of anilines is 1. The minimum Gasteiger partial charge on any atom is -0.495 e. The molecule has 0 spiro atoms. The molecule has 1 aliphatic rings. The molecule has 51 heavy (non-hydrogen) atoms. The summed E-state index contributed by atoms with van der Waals surface area (Å²) in [5, 5.41) is 16.7. The summed E-state index contributed by atoms with van der Waals surface area (Å²) in [5.74, 6) is 3.45. The van der Waals surface area contributed by atoms with E-state index in [9.17, 15) is 9.90 Å². The third kappa shape index (κ3) is 23.5. The lowest BCUT2D eigenvalue weighted by Crippen LogP contribution is -2.34. The highest BCUT2D eigenvalue weighted by Crippen LogP contribution is 2.26. The summed E-state index contributed by atoms with van der Waals surface area (Å²) in [4.78, 5) is 14.1. The number of aryl methyl sites for hydroxylation is 1. The molecule has 0 radical (unpaired) electrons. The van der Waals surface area contributed by atoms with Crippen LogP contribution in [0.4, 0.5) is 5.69 Å². The molecule has 1 unspecified atom stereocenters. The van der Waals surface area contributed by atoms with E-state index in [1.54, 1.807) is 20.0 Å². The normalized spacial score (nSPS) is 12.7. The number of benzene rings is 2. The number of hydrogen-bond acceptors (Lipinski definition) is 7. The van der Waals surface area contributed by atoms with E-state index in [4.69, 9.17) is 10.5 Å². The molecule has 7 heteroatoms. The number of allylic oxidation sites excluding steroid dienone is 3. The molecule has 2 aromatic rings. The molecule has 5 N–H and O–H groups in total. The fourth-order valence-corrected chi connectivity index (χ4v) is 5.12. The van der Waals surface area contributed by atoms with Crippen LogP contribution in [0.15, 0.2) is 83.1 Å². The monoisotopic (exact) mass is 707 g/mol. The summed E-state index contributed by atoms with van der Waals surface area (Å²) < 4.78 is 5.16. The van der Waals surface area contributed by atoms with Crippen molar-refractivity contribution >= 4 is 17.3 Å². The van der Waals surface area contributed by atoms with Crippen molar-refractivity contribution in [3.05, 3.63) is 89.3 Å². The third-order valence-electron chi connectivity index (χ3n) is 8.22. The Morgan fingerprint density at radius 3 is 1.98 bits per heavy atom. The molecule has 7 nitrogen and oxygen atoms in total. The van der Waals surface area contributed by atoms with Gasteiger partial charge in [-0.15, -0.1) is 0 Å². The molecule has 1 aliphatic carbocycles. The van der Waals surface area contributed by atoms with Gasteiger partial charge in [0, 0.05) is 23.4 Å². The van der Waals surface area contributed by atoms with Gasteiger partial charge in [0.15, 0.2) is 0 Å². The molecule has 2 aromatic carbocycles. The van der Waals surface area contributed by atoms with Crippen molar-refractivity contribution in [1.29, 1.82) is 0 Å². The van der Waals surface area contributed by atoms with Crippen LogP contribution < -0.4 is 21.1 Å². The number of nitrogens with one attached hydrogen (secondary N) is 2. The second kappa shape index (κ2) is 32.3. The molecule has 1 fully saturated rings. The van der Waals surface area contributed by atoms with Crippen molar-refractivity contribution in [3.63, 3.8) is 0 Å². The number of carbonyl (C=O) groups excluding carboxylic acids is 1. The minimum atomic E-state index is -0.0775. The highest BCUT2D eigenvalue weighted by Gasteiger charge is 2.17. The van der Waals surface area contributed by atoms with Gasteiger partial charge in [0.1, 0.15) is 17.5 Å². The molecule has 3 rings (SSSR count). The number of nitrogen functional groups attached to an aromatic ring is 1. The lowest BCUT2D eigenvalue weighted by molar-refractivity contribution is 0.227. The first kappa shape index (κ1) is 49.5. The molecule has 0 aliphatic heterocycles. The van der Waals surface area contributed by atoms with Crippen LogP contribution in [0.2, 0.25) is 0 Å². The number of aliphatic hydroxyl groups excluding tert-OH is 1. The molecule has 0 bridgehead atoms. The maximum absolute atomic E-state index is 9.65. The van der Waals surface area contributed by atoms with E-state index in [0.717, 1.165) is 66.8 Å². The van der Waals surface area contributed by atoms with Gasteiger partial charge in [0.05, 0.1) is 25.4 Å². The van der Waals surface area contributed by atoms with E-state index in [1.165, 1.54) is 31.2 Å². The van der Waals surface area contributed by atoms with Crippen LogP contribution in [0.3, 0.4) is 0 Å². The number of nitrogens with zero attached hydrogens (tertiary/aromatic N) is 1. The molecule has 1 saturated carbocycles. The van der Waals surface area contributed by atoms with Crippen molar-refractivity contribution < 1.29 is 14.6 Å². The van der Waals surface area contributed by atoms with Gasteiger partial charge in [0.2, 0.25) is 0 Å². The van der Waals surface area contributed by atoms with E-state index in [2.05, 4.69) is 74.2 Å². The lowest BCUT2D eigenvalue weighted by Gasteiger charge is -2.25. The summed E-state index contributed by atoms with van der Waals surface area (Å²) >= 11 is 0. The number of nitrogens with two attached hydrogens (primary N) is 1. The van der Waals surface area contributed by atoms with Crippen molar-refractivity contribution in [2.24, 2.45) is 4.99 Å². The second-order valence-electron chi connectivity index (χ2n) is 12.7. The molecule has 0 heterocycles. The van der Waals surface area contributed by atoms with Gasteiger partial charge in [-0.3, -0.25) is 0 Å². The van der Waals surface area contributed by atoms with Gasteiger partial charge in [-0.2, -0.15) is 0 Å². The van der Waals surface area contributed by atoms with Crippen molar-refractivity contribution in [2.45, 2.75) is 152 Å². The van der Waals surface area contributed by atoms with E-state index in [1.807, 2.05) is 65.0 Å². The van der Waals surface area contributed by atoms with Gasteiger partial charge >= 0.3 is 0 Å². The molecular weight excluding hydrogens is 633 g/mol. The van der Waals surface area contributed by atoms with Crippen LogP contribution in [0.1, 0.15) is 144 Å². The van der Waals surface area contributed by atoms with Crippen LogP contribution in [0.5, 0.6) is 5.75 Å². The Kier molecular flexibility index (Phi) is 31.3. The van der Waals surface area contributed by atoms with Crippen LogP contribution in [0.25, 0.3) is 0 Å². The van der Waals surface area contributed by atoms with Crippen LogP contribution in [-0.4, -0.2) is 42.6 Å². The Morgan fingerprint density at radius 2 is 1.61 bits per heavy atom. The zero-order valence-electron chi connectivity index (χ0n) is 34.2. The quantitative estimate of drug-likeness (QED) is 0.0635. The Bertz CT molecular complexity index is 1270. The number of ether oxygens (including phenoxy) is 1. The fourth-order valence-electron chi connectivity index (χ4n) is 5.12. The lowest BCUT2D eigenvalue weighted by atomic mass is 10.0. The summed E-state index contributed by atoms with van der Waals surface area (Å²) in [5.41, 5.74) is 12.0. The first-order chi connectivity index (χ1) is 24.5. The molecule has 288 valence electrons. The maximum atomic E-state index is 9.65. The summed E-state index contributed by atoms with van der Waals surface area (Å²) in [6.45, 7) is 24.2. The highest BCUT2D eigenvalue weighted by molar-refractivity contribution is 5.80. The summed E-state index contributed by atoms with van der Waals surface area (Å²) in [6.07, 6.45) is 13.6. The number of aliphatic imine (C=N–C) groups is 1. The van der Waals surface area contributed by atoms with Gasteiger partial charge < -0.3 is 26.2 Å². The third-order valence-corrected chi connectivity index (χ3v) is 8.22. The van der Waals surface area contributed by atoms with Gasteiger partial charge in [-0.25, -0.2) is 9.79 Å². The van der Waals surface area contributed by atoms with E-state index >= 15 is 0 Å². The number of methoxy groups -OCH3 is 1. The fraction of sp³-hybridized carbons (Fsp3) is 0.568. The molecule has 0 aromatic heterocycles. The molecular formula is C44H74N4O3. The Hall–Kier alpha value is -3.64. The van der Waals surface area contributed by atoms with Gasteiger partial charge in [-0.05, 0) is 95.1 Å². The van der Waals surface area contributed by atoms with E-state index in [0.29, 0.717) is 23.5 Å². The summed E-state index contributed by atoms with van der Waals surface area (Å²) in [7, 11) is 1.60. The van der Waals surface area contributed by atoms with E-state index in [-0.39, 0.29) is 12.6 Å². The Labute approximate surface area is 313 Å². The zero-order valence-corrected chi connectivity index (χ0v) is 34.2. The topological polar surface area (TPSA) is 109 Å². The number of aliphatic hydroxyl groups is 1. The van der Waals surface area contributed by atoms with Crippen LogP contribution >= 0.6 is 0 Å². The first-order valence-electron chi connectivity index (χ1n) is 19.2. The Morgan fingerprint density at radius 1 is 1.02 bits per heavy atom. The standard InChI is InChI=1S/C16H28N2O2.C13H22N2.C8H10.C5H8O.C2H6/c1-4-6-13(7-5-2)18-15(11-19)12-8-9-16(20-3)14(17)10-12;1-5-11(4)13(14-10(2)3)15-12-8-6-7-9-12;1-2-8-6-4-3-5-7-8;1-3-5(2)4-6;1-2/h8-10,13,15,18-19H,4-7,11,17H2,1-3H3;5,12,15H,1,6-9H2,2-4H3;3-7H,2H2,1H3;3H2,1-2H3;1-2H3/b;13-11+;;;. The predicted octanol–water partition coefficient (Wildman–Crippen LogP) is 10.7. The SMILES string of the molecule is C=C/C(C)=C(\N=C(C)C)NC1CCCC1.CC.CCC(C)=C=O.CCCC(CCC)NC(CO)c1ccc(OC)c(N)c1.CCc1ccccc1. The maximum Gasteiger partial charge on any atom is 0.141 e. The largest absolute Gasteiger partial charge is 0.495 e. The highest BCUT2D eigenvalue weighted by atomic mass is 16.5. The zero-order chi connectivity index (χ0) is 39.0. The molecule has 1 atom stereocenters. The van der Waals surface area contributed by atoms with E-state index < -0.39 is 0 Å². The molecule has 0 amide bonds. The number of rotatable bonds is 15. The molecule has 0 saturated heterocycles. The smallest absolute Gasteiger partial charge is 0.141 e. The van der Waals surface area contributed by atoms with Crippen molar-refractivity contribution in [2.75, 3.05) is 19.5 Å². The summed E-state index contributed by atoms with van der Waals surface area (Å²) in [6, 6.07) is 17.1. The van der Waals surface area contributed by atoms with Crippen LogP contribution in [-0.2, 0) is 11.2 Å². The minimum absolute atomic E-state index is 0.0652. The van der Waals surface area contributed by atoms with Gasteiger partial charge in [0.25, 0.3) is 0 Å². The van der Waals surface area contributed by atoms with Crippen molar-refractivity contribution in [1.82, 2.24) is 10.6 Å². The second-order valence-corrected chi connectivity index (χ2v) is 12.7. The Balaban J connectivity index is 0. The van der Waals surface area contributed by atoms with Gasteiger partial charge in [-0.1, -0.05) is 116 Å².